The second-order valence-corrected chi connectivity index (χ2v) is 5.45. The number of hydrogen-bond acceptors (Lipinski definition) is 4. The largest absolute Gasteiger partial charge is 0.462 e. The van der Waals surface area contributed by atoms with E-state index >= 15 is 0 Å². The first kappa shape index (κ1) is 14.5. The highest BCUT2D eigenvalue weighted by atomic mass is 32.2. The first-order valence-corrected chi connectivity index (χ1v) is 7.23. The van der Waals surface area contributed by atoms with Gasteiger partial charge in [0.15, 0.2) is 0 Å². The van der Waals surface area contributed by atoms with Crippen LogP contribution in [-0.4, -0.2) is 12.6 Å². The smallest absolute Gasteiger partial charge is 0.340 e. The predicted octanol–water partition coefficient (Wildman–Crippen LogP) is 3.91. The number of nitrogens with two attached hydrogens (primary N) is 1. The summed E-state index contributed by atoms with van der Waals surface area (Å²) in [5.74, 6) is -0.378. The quantitative estimate of drug-likeness (QED) is 0.684. The Bertz CT molecular complexity index is 626. The molecule has 0 atom stereocenters. The van der Waals surface area contributed by atoms with Gasteiger partial charge in [-0.1, -0.05) is 30.0 Å². The summed E-state index contributed by atoms with van der Waals surface area (Å²) >= 11 is 1.61. The molecule has 0 spiro atoms. The molecule has 0 unspecified atom stereocenters. The van der Waals surface area contributed by atoms with Crippen molar-refractivity contribution in [2.24, 2.45) is 0 Å². The van der Waals surface area contributed by atoms with Crippen LogP contribution >= 0.6 is 11.8 Å². The van der Waals surface area contributed by atoms with Gasteiger partial charge in [-0.3, -0.25) is 0 Å². The standard InChI is InChI=1S/C16H17NO2S/c1-3-19-16(18)13-10-12(8-9-14(13)17)20-15-7-5-4-6-11(15)2/h4-10H,3,17H2,1-2H3. The second kappa shape index (κ2) is 6.48. The molecule has 20 heavy (non-hydrogen) atoms. The maximum absolute atomic E-state index is 11.8. The monoisotopic (exact) mass is 287 g/mol. The van der Waals surface area contributed by atoms with E-state index in [1.165, 1.54) is 5.56 Å². The number of nitrogen functional groups attached to an aromatic ring is 1. The third-order valence-corrected chi connectivity index (χ3v) is 4.01. The summed E-state index contributed by atoms with van der Waals surface area (Å²) < 4.78 is 5.01. The van der Waals surface area contributed by atoms with Crippen molar-refractivity contribution in [1.82, 2.24) is 0 Å². The molecule has 0 aliphatic carbocycles. The fourth-order valence-electron chi connectivity index (χ4n) is 1.78. The molecule has 0 saturated carbocycles. The predicted molar refractivity (Wildman–Crippen MR) is 82.1 cm³/mol. The molecule has 4 heteroatoms. The summed E-state index contributed by atoms with van der Waals surface area (Å²) in [6.07, 6.45) is 0. The zero-order valence-electron chi connectivity index (χ0n) is 11.6. The molecule has 0 saturated heterocycles. The van der Waals surface area contributed by atoms with Crippen LogP contribution in [0.3, 0.4) is 0 Å². The molecule has 0 radical (unpaired) electrons. The molecule has 0 amide bonds. The highest BCUT2D eigenvalue weighted by molar-refractivity contribution is 7.99. The van der Waals surface area contributed by atoms with Gasteiger partial charge in [0.1, 0.15) is 0 Å². The van der Waals surface area contributed by atoms with E-state index in [1.54, 1.807) is 30.8 Å². The number of hydrogen-bond donors (Lipinski definition) is 1. The van der Waals surface area contributed by atoms with E-state index in [0.29, 0.717) is 17.9 Å². The number of carbonyl (C=O) groups excluding carboxylic acids is 1. The molecule has 2 N–H and O–H groups in total. The van der Waals surface area contributed by atoms with Gasteiger partial charge >= 0.3 is 5.97 Å². The second-order valence-electron chi connectivity index (χ2n) is 4.34. The highest BCUT2D eigenvalue weighted by Gasteiger charge is 2.12. The molecule has 0 bridgehead atoms. The fraction of sp³-hybridized carbons (Fsp3) is 0.188. The minimum Gasteiger partial charge on any atom is -0.462 e. The Balaban J connectivity index is 2.28. The summed E-state index contributed by atoms with van der Waals surface area (Å²) in [5, 5.41) is 0. The number of rotatable bonds is 4. The molecular formula is C16H17NO2S. The van der Waals surface area contributed by atoms with Crippen molar-refractivity contribution in [3.05, 3.63) is 53.6 Å². The van der Waals surface area contributed by atoms with Crippen LogP contribution in [0.15, 0.2) is 52.3 Å². The molecule has 0 heterocycles. The van der Waals surface area contributed by atoms with E-state index in [0.717, 1.165) is 9.79 Å². The van der Waals surface area contributed by atoms with Crippen LogP contribution in [0.5, 0.6) is 0 Å². The van der Waals surface area contributed by atoms with E-state index in [-0.39, 0.29) is 5.97 Å². The Morgan fingerprint density at radius 2 is 2.00 bits per heavy atom. The van der Waals surface area contributed by atoms with Gasteiger partial charge in [0.05, 0.1) is 12.2 Å². The van der Waals surface area contributed by atoms with Gasteiger partial charge in [0.2, 0.25) is 0 Å². The van der Waals surface area contributed by atoms with Crippen molar-refractivity contribution in [3.8, 4) is 0 Å². The van der Waals surface area contributed by atoms with E-state index in [1.807, 2.05) is 18.2 Å². The Kier molecular flexibility index (Phi) is 4.69. The third-order valence-electron chi connectivity index (χ3n) is 2.84. The molecule has 104 valence electrons. The molecule has 0 aliphatic rings. The van der Waals surface area contributed by atoms with Crippen molar-refractivity contribution in [2.45, 2.75) is 23.6 Å². The van der Waals surface area contributed by atoms with Crippen LogP contribution in [0, 0.1) is 6.92 Å². The summed E-state index contributed by atoms with van der Waals surface area (Å²) in [4.78, 5) is 14.0. The van der Waals surface area contributed by atoms with Crippen molar-refractivity contribution in [2.75, 3.05) is 12.3 Å². The number of esters is 1. The van der Waals surface area contributed by atoms with Crippen LogP contribution in [-0.2, 0) is 4.74 Å². The Labute approximate surface area is 123 Å². The van der Waals surface area contributed by atoms with Crippen LogP contribution in [0.4, 0.5) is 5.69 Å². The molecular weight excluding hydrogens is 270 g/mol. The zero-order valence-corrected chi connectivity index (χ0v) is 12.4. The Morgan fingerprint density at radius 3 is 2.70 bits per heavy atom. The molecule has 0 fully saturated rings. The minimum absolute atomic E-state index is 0.341. The summed E-state index contributed by atoms with van der Waals surface area (Å²) in [5.41, 5.74) is 7.90. The number of benzene rings is 2. The van der Waals surface area contributed by atoms with E-state index in [2.05, 4.69) is 19.1 Å². The molecule has 3 nitrogen and oxygen atoms in total. The van der Waals surface area contributed by atoms with Gasteiger partial charge in [-0.15, -0.1) is 0 Å². The van der Waals surface area contributed by atoms with E-state index in [4.69, 9.17) is 10.5 Å². The highest BCUT2D eigenvalue weighted by Crippen LogP contribution is 2.32. The third kappa shape index (κ3) is 3.33. The van der Waals surface area contributed by atoms with Gasteiger partial charge in [0.25, 0.3) is 0 Å². The van der Waals surface area contributed by atoms with Gasteiger partial charge in [-0.05, 0) is 43.7 Å². The van der Waals surface area contributed by atoms with Gasteiger partial charge in [-0.25, -0.2) is 4.79 Å². The lowest BCUT2D eigenvalue weighted by molar-refractivity contribution is 0.0527. The lowest BCUT2D eigenvalue weighted by Crippen LogP contribution is -2.07. The fourth-order valence-corrected chi connectivity index (χ4v) is 2.72. The van der Waals surface area contributed by atoms with Crippen molar-refractivity contribution in [1.29, 1.82) is 0 Å². The first-order chi connectivity index (χ1) is 9.61. The number of anilines is 1. The van der Waals surface area contributed by atoms with Crippen LogP contribution < -0.4 is 5.73 Å². The molecule has 2 rings (SSSR count). The SMILES string of the molecule is CCOC(=O)c1cc(Sc2ccccc2C)ccc1N. The maximum Gasteiger partial charge on any atom is 0.340 e. The van der Waals surface area contributed by atoms with Gasteiger partial charge < -0.3 is 10.5 Å². The lowest BCUT2D eigenvalue weighted by atomic mass is 10.2. The first-order valence-electron chi connectivity index (χ1n) is 6.42. The number of ether oxygens (including phenoxy) is 1. The summed E-state index contributed by atoms with van der Waals surface area (Å²) in [7, 11) is 0. The lowest BCUT2D eigenvalue weighted by Gasteiger charge is -2.09. The zero-order chi connectivity index (χ0) is 14.5. The maximum atomic E-state index is 11.8. The topological polar surface area (TPSA) is 52.3 Å². The van der Waals surface area contributed by atoms with Crippen LogP contribution in [0.1, 0.15) is 22.8 Å². The molecule has 2 aromatic rings. The Hall–Kier alpha value is -1.94. The Morgan fingerprint density at radius 1 is 1.25 bits per heavy atom. The normalized spacial score (nSPS) is 10.3. The molecule has 2 aromatic carbocycles. The number of aryl methyl sites for hydroxylation is 1. The van der Waals surface area contributed by atoms with E-state index < -0.39 is 0 Å². The van der Waals surface area contributed by atoms with Crippen molar-refractivity contribution < 1.29 is 9.53 Å². The average molecular weight is 287 g/mol. The van der Waals surface area contributed by atoms with Crippen molar-refractivity contribution >= 4 is 23.4 Å². The minimum atomic E-state index is -0.378. The van der Waals surface area contributed by atoms with Crippen LogP contribution in [0.25, 0.3) is 0 Å². The van der Waals surface area contributed by atoms with E-state index in [9.17, 15) is 4.79 Å². The van der Waals surface area contributed by atoms with Crippen molar-refractivity contribution in [3.63, 3.8) is 0 Å². The van der Waals surface area contributed by atoms with Gasteiger partial charge in [0, 0.05) is 15.5 Å². The number of carbonyl (C=O) groups is 1. The summed E-state index contributed by atoms with van der Waals surface area (Å²) in [6.45, 7) is 4.18. The summed E-state index contributed by atoms with van der Waals surface area (Å²) in [6, 6.07) is 13.6. The molecule has 0 aliphatic heterocycles. The average Bonchev–Trinajstić information content (AvgIpc) is 2.43. The van der Waals surface area contributed by atoms with Crippen LogP contribution in [0.2, 0.25) is 0 Å². The van der Waals surface area contributed by atoms with Gasteiger partial charge in [-0.2, -0.15) is 0 Å². The molecule has 0 aromatic heterocycles.